The Kier molecular flexibility index (Phi) is 6.18. The van der Waals surface area contributed by atoms with Crippen molar-refractivity contribution >= 4 is 46.3 Å². The summed E-state index contributed by atoms with van der Waals surface area (Å²) in [5, 5.41) is 11.3. The molecule has 158 valence electrons. The van der Waals surface area contributed by atoms with Crippen LogP contribution in [-0.2, 0) is 17.8 Å². The fourth-order valence-electron chi connectivity index (χ4n) is 4.24. The number of nitrogens with one attached hydrogen (secondary N) is 3. The van der Waals surface area contributed by atoms with E-state index >= 15 is 0 Å². The third-order valence-corrected chi connectivity index (χ3v) is 6.35. The fourth-order valence-corrected chi connectivity index (χ4v) is 4.70. The van der Waals surface area contributed by atoms with E-state index in [0.29, 0.717) is 22.3 Å². The molecule has 0 atom stereocenters. The van der Waals surface area contributed by atoms with E-state index in [1.54, 1.807) is 0 Å². The number of carbonyl (C=O) groups excluding carboxylic acids is 1. The molecule has 2 heterocycles. The number of piperidine rings is 1. The second kappa shape index (κ2) is 8.84. The van der Waals surface area contributed by atoms with E-state index in [9.17, 15) is 4.79 Å². The lowest BCUT2D eigenvalue weighted by molar-refractivity contribution is -0.116. The smallest absolute Gasteiger partial charge is 0.236 e. The Labute approximate surface area is 186 Å². The molecule has 0 radical (unpaired) electrons. The summed E-state index contributed by atoms with van der Waals surface area (Å²) < 4.78 is 0. The molecule has 2 aliphatic heterocycles. The van der Waals surface area contributed by atoms with Gasteiger partial charge < -0.3 is 21.7 Å². The van der Waals surface area contributed by atoms with Gasteiger partial charge in [0.05, 0.1) is 23.8 Å². The van der Waals surface area contributed by atoms with Crippen LogP contribution < -0.4 is 21.7 Å². The van der Waals surface area contributed by atoms with E-state index < -0.39 is 5.91 Å². The van der Waals surface area contributed by atoms with Gasteiger partial charge >= 0.3 is 0 Å². The molecule has 30 heavy (non-hydrogen) atoms. The van der Waals surface area contributed by atoms with Crippen molar-refractivity contribution in [1.82, 2.24) is 5.32 Å². The summed E-state index contributed by atoms with van der Waals surface area (Å²) in [4.78, 5) is 16.1. The third kappa shape index (κ3) is 4.56. The van der Waals surface area contributed by atoms with Crippen LogP contribution in [0, 0.1) is 5.41 Å². The fraction of sp³-hybridized carbons (Fsp3) is 0.364. The van der Waals surface area contributed by atoms with Crippen LogP contribution >= 0.6 is 23.2 Å². The highest BCUT2D eigenvalue weighted by Crippen LogP contribution is 2.43. The monoisotopic (exact) mass is 445 g/mol. The molecule has 0 unspecified atom stereocenters. The Morgan fingerprint density at radius 1 is 1.20 bits per heavy atom. The minimum Gasteiger partial charge on any atom is -0.375 e. The minimum atomic E-state index is -0.436. The van der Waals surface area contributed by atoms with Gasteiger partial charge in [0.15, 0.2) is 0 Å². The summed E-state index contributed by atoms with van der Waals surface area (Å²) >= 11 is 12.6. The number of amidine groups is 1. The van der Waals surface area contributed by atoms with E-state index in [1.807, 2.05) is 36.4 Å². The molecule has 1 fully saturated rings. The van der Waals surface area contributed by atoms with Gasteiger partial charge in [-0.3, -0.25) is 9.79 Å². The Hall–Kier alpha value is -2.28. The van der Waals surface area contributed by atoms with E-state index in [4.69, 9.17) is 33.9 Å². The maximum absolute atomic E-state index is 11.1. The SMILES string of the molecule is NC(=O)CNc1cc2c(cc1Cl)CC1(CCNCC1)C(=NCc1cccc(Cl)c1)N2. The van der Waals surface area contributed by atoms with Gasteiger partial charge in [-0.05, 0) is 67.7 Å². The molecular formula is C22H25Cl2N5O. The molecule has 2 aromatic rings. The van der Waals surface area contributed by atoms with Gasteiger partial charge in [-0.1, -0.05) is 35.3 Å². The number of hydrogen-bond donors (Lipinski definition) is 4. The zero-order valence-corrected chi connectivity index (χ0v) is 18.1. The van der Waals surface area contributed by atoms with E-state index in [-0.39, 0.29) is 12.0 Å². The quantitative estimate of drug-likeness (QED) is 0.562. The van der Waals surface area contributed by atoms with Crippen molar-refractivity contribution in [2.45, 2.75) is 25.8 Å². The van der Waals surface area contributed by atoms with Crippen molar-refractivity contribution in [3.05, 3.63) is 57.6 Å². The van der Waals surface area contributed by atoms with Crippen LogP contribution in [0.4, 0.5) is 11.4 Å². The van der Waals surface area contributed by atoms with Crippen molar-refractivity contribution in [3.63, 3.8) is 0 Å². The van der Waals surface area contributed by atoms with Crippen molar-refractivity contribution in [2.24, 2.45) is 16.1 Å². The number of rotatable bonds is 5. The van der Waals surface area contributed by atoms with Crippen LogP contribution in [0.15, 0.2) is 41.4 Å². The molecule has 5 N–H and O–H groups in total. The molecule has 0 aliphatic carbocycles. The third-order valence-electron chi connectivity index (χ3n) is 5.80. The van der Waals surface area contributed by atoms with Gasteiger partial charge in [0.2, 0.25) is 5.91 Å². The largest absolute Gasteiger partial charge is 0.375 e. The van der Waals surface area contributed by atoms with Crippen molar-refractivity contribution in [1.29, 1.82) is 0 Å². The Morgan fingerprint density at radius 3 is 2.73 bits per heavy atom. The predicted octanol–water partition coefficient (Wildman–Crippen LogP) is 3.83. The molecule has 0 saturated carbocycles. The topological polar surface area (TPSA) is 91.5 Å². The van der Waals surface area contributed by atoms with Gasteiger partial charge in [-0.2, -0.15) is 0 Å². The maximum Gasteiger partial charge on any atom is 0.236 e. The predicted molar refractivity (Wildman–Crippen MR) is 124 cm³/mol. The molecule has 0 aromatic heterocycles. The summed E-state index contributed by atoms with van der Waals surface area (Å²) in [6.45, 7) is 2.51. The summed E-state index contributed by atoms with van der Waals surface area (Å²) in [5.74, 6) is 0.564. The van der Waals surface area contributed by atoms with E-state index in [1.165, 1.54) is 0 Å². The van der Waals surface area contributed by atoms with Gasteiger partial charge in [0.1, 0.15) is 5.84 Å². The first kappa shape index (κ1) is 21.0. The van der Waals surface area contributed by atoms with Crippen LogP contribution in [0.25, 0.3) is 0 Å². The number of fused-ring (bicyclic) bond motifs is 1. The zero-order chi connectivity index (χ0) is 21.1. The number of carbonyl (C=O) groups is 1. The molecule has 2 aromatic carbocycles. The van der Waals surface area contributed by atoms with E-state index in [0.717, 1.165) is 55.0 Å². The van der Waals surface area contributed by atoms with Crippen LogP contribution in [0.2, 0.25) is 10.0 Å². The molecule has 6 nitrogen and oxygen atoms in total. The number of nitrogens with two attached hydrogens (primary N) is 1. The maximum atomic E-state index is 11.1. The summed E-state index contributed by atoms with van der Waals surface area (Å²) in [6.07, 6.45) is 2.89. The number of primary amides is 1. The van der Waals surface area contributed by atoms with Gasteiger partial charge in [-0.25, -0.2) is 0 Å². The molecule has 4 rings (SSSR count). The molecule has 1 saturated heterocycles. The average molecular weight is 446 g/mol. The van der Waals surface area contributed by atoms with E-state index in [2.05, 4.69) is 16.0 Å². The van der Waals surface area contributed by atoms with Crippen LogP contribution in [0.5, 0.6) is 0 Å². The lowest BCUT2D eigenvalue weighted by atomic mass is 9.70. The number of hydrogen-bond acceptors (Lipinski definition) is 4. The molecule has 0 bridgehead atoms. The van der Waals surface area contributed by atoms with Crippen LogP contribution in [0.3, 0.4) is 0 Å². The minimum absolute atomic E-state index is 0.0316. The molecule has 2 aliphatic rings. The Bertz CT molecular complexity index is 985. The number of nitrogens with zero attached hydrogens (tertiary/aromatic N) is 1. The summed E-state index contributed by atoms with van der Waals surface area (Å²) in [7, 11) is 0. The van der Waals surface area contributed by atoms with Crippen molar-refractivity contribution in [2.75, 3.05) is 30.3 Å². The summed E-state index contributed by atoms with van der Waals surface area (Å²) in [5.41, 5.74) is 9.09. The van der Waals surface area contributed by atoms with Gasteiger partial charge in [0, 0.05) is 16.1 Å². The first-order valence-corrected chi connectivity index (χ1v) is 10.8. The average Bonchev–Trinajstić information content (AvgIpc) is 2.72. The molecule has 1 amide bonds. The standard InChI is InChI=1S/C22H25Cl2N5O/c23-16-3-1-2-14(8-16)12-28-21-22(4-6-26-7-5-22)11-15-9-17(24)19(10-18(15)29-21)27-13-20(25)30/h1-3,8-10,26-27H,4-7,11-13H2,(H2,25,30)(H,28,29). The first-order chi connectivity index (χ1) is 14.4. The highest BCUT2D eigenvalue weighted by atomic mass is 35.5. The molecule has 1 spiro atoms. The molecular weight excluding hydrogens is 421 g/mol. The lowest BCUT2D eigenvalue weighted by Gasteiger charge is -2.43. The number of amides is 1. The van der Waals surface area contributed by atoms with Crippen molar-refractivity contribution in [3.8, 4) is 0 Å². The van der Waals surface area contributed by atoms with Crippen LogP contribution in [-0.4, -0.2) is 31.4 Å². The highest BCUT2D eigenvalue weighted by molar-refractivity contribution is 6.33. The van der Waals surface area contributed by atoms with Crippen molar-refractivity contribution < 1.29 is 4.79 Å². The molecule has 8 heteroatoms. The highest BCUT2D eigenvalue weighted by Gasteiger charge is 2.41. The van der Waals surface area contributed by atoms with Gasteiger partial charge in [-0.15, -0.1) is 0 Å². The normalized spacial score (nSPS) is 18.7. The summed E-state index contributed by atoms with van der Waals surface area (Å²) in [6, 6.07) is 11.7. The second-order valence-electron chi connectivity index (χ2n) is 7.94. The number of halogens is 2. The first-order valence-electron chi connectivity index (χ1n) is 10.1. The zero-order valence-electron chi connectivity index (χ0n) is 16.6. The number of anilines is 2. The Balaban J connectivity index is 1.66. The number of benzene rings is 2. The second-order valence-corrected chi connectivity index (χ2v) is 8.78. The van der Waals surface area contributed by atoms with Crippen LogP contribution in [0.1, 0.15) is 24.0 Å². The number of aliphatic imine (C=N–C) groups is 1. The Morgan fingerprint density at radius 2 is 2.00 bits per heavy atom. The van der Waals surface area contributed by atoms with Gasteiger partial charge in [0.25, 0.3) is 0 Å². The lowest BCUT2D eigenvalue weighted by Crippen LogP contribution is -2.48.